The lowest BCUT2D eigenvalue weighted by atomic mass is 10.0. The molecule has 20 heavy (non-hydrogen) atoms. The molecule has 0 spiro atoms. The summed E-state index contributed by atoms with van der Waals surface area (Å²) in [5, 5.41) is 11.5. The van der Waals surface area contributed by atoms with Crippen LogP contribution in [0.25, 0.3) is 0 Å². The number of benzene rings is 1. The van der Waals surface area contributed by atoms with E-state index in [-0.39, 0.29) is 12.2 Å². The van der Waals surface area contributed by atoms with Crippen LogP contribution in [-0.4, -0.2) is 33.2 Å². The zero-order chi connectivity index (χ0) is 14.5. The second-order valence-corrected chi connectivity index (χ2v) is 7.97. The molecule has 1 N–H and O–H groups in total. The van der Waals surface area contributed by atoms with Crippen LogP contribution in [0.1, 0.15) is 38.9 Å². The highest BCUT2D eigenvalue weighted by Crippen LogP contribution is 2.40. The normalized spacial score (nSPS) is 24.6. The first-order chi connectivity index (χ1) is 9.61. The zero-order valence-corrected chi connectivity index (χ0v) is 14.0. The molecule has 0 saturated carbocycles. The van der Waals surface area contributed by atoms with Gasteiger partial charge in [0.2, 0.25) is 0 Å². The minimum Gasteiger partial charge on any atom is -0.491 e. The number of thioether (sulfide) groups is 2. The summed E-state index contributed by atoms with van der Waals surface area (Å²) in [5.74, 6) is 3.21. The minimum atomic E-state index is -0.383. The Morgan fingerprint density at radius 3 is 2.45 bits per heavy atom. The zero-order valence-electron chi connectivity index (χ0n) is 12.4. The highest BCUT2D eigenvalue weighted by Gasteiger charge is 2.31. The highest BCUT2D eigenvalue weighted by molar-refractivity contribution is 8.07. The molecule has 0 amide bonds. The SMILES string of the molecule is CCC1SCCSC1C(O)c1ccc(OC(C)C)cc1. The van der Waals surface area contributed by atoms with Gasteiger partial charge in [-0.2, -0.15) is 23.5 Å². The quantitative estimate of drug-likeness (QED) is 0.885. The van der Waals surface area contributed by atoms with E-state index in [0.717, 1.165) is 23.5 Å². The van der Waals surface area contributed by atoms with Crippen molar-refractivity contribution >= 4 is 23.5 Å². The lowest BCUT2D eigenvalue weighted by Gasteiger charge is -2.33. The van der Waals surface area contributed by atoms with Crippen molar-refractivity contribution < 1.29 is 9.84 Å². The van der Waals surface area contributed by atoms with Crippen LogP contribution in [0.2, 0.25) is 0 Å². The first-order valence-electron chi connectivity index (χ1n) is 7.29. The van der Waals surface area contributed by atoms with Crippen molar-refractivity contribution in [1.29, 1.82) is 0 Å². The molecule has 1 aromatic carbocycles. The number of hydrogen-bond acceptors (Lipinski definition) is 4. The molecule has 1 aromatic rings. The Bertz CT molecular complexity index is 405. The van der Waals surface area contributed by atoms with Crippen molar-refractivity contribution in [1.82, 2.24) is 0 Å². The Hall–Kier alpha value is -0.320. The predicted molar refractivity (Wildman–Crippen MR) is 89.9 cm³/mol. The molecule has 0 bridgehead atoms. The third-order valence-electron chi connectivity index (χ3n) is 3.40. The molecular formula is C16H24O2S2. The summed E-state index contributed by atoms with van der Waals surface area (Å²) in [5.41, 5.74) is 1.000. The second-order valence-electron chi connectivity index (χ2n) is 5.33. The molecule has 1 aliphatic rings. The van der Waals surface area contributed by atoms with E-state index >= 15 is 0 Å². The van der Waals surface area contributed by atoms with Gasteiger partial charge < -0.3 is 9.84 Å². The molecule has 1 saturated heterocycles. The fourth-order valence-electron chi connectivity index (χ4n) is 2.44. The molecule has 2 rings (SSSR count). The predicted octanol–water partition coefficient (Wildman–Crippen LogP) is 4.13. The molecule has 1 aliphatic heterocycles. The van der Waals surface area contributed by atoms with E-state index in [1.807, 2.05) is 61.6 Å². The summed E-state index contributed by atoms with van der Waals surface area (Å²) in [4.78, 5) is 0. The fraction of sp³-hybridized carbons (Fsp3) is 0.625. The van der Waals surface area contributed by atoms with Crippen LogP contribution in [0.15, 0.2) is 24.3 Å². The van der Waals surface area contributed by atoms with Gasteiger partial charge in [0.05, 0.1) is 12.2 Å². The third kappa shape index (κ3) is 4.09. The Labute approximate surface area is 130 Å². The number of rotatable bonds is 5. The molecule has 0 aromatic heterocycles. The topological polar surface area (TPSA) is 29.5 Å². The lowest BCUT2D eigenvalue weighted by molar-refractivity contribution is 0.172. The molecule has 2 nitrogen and oxygen atoms in total. The van der Waals surface area contributed by atoms with Gasteiger partial charge in [-0.3, -0.25) is 0 Å². The molecule has 1 fully saturated rings. The summed E-state index contributed by atoms with van der Waals surface area (Å²) in [6, 6.07) is 7.91. The maximum Gasteiger partial charge on any atom is 0.119 e. The molecule has 4 heteroatoms. The average Bonchev–Trinajstić information content (AvgIpc) is 2.46. The van der Waals surface area contributed by atoms with E-state index in [1.165, 1.54) is 5.75 Å². The van der Waals surface area contributed by atoms with Gasteiger partial charge in [-0.15, -0.1) is 0 Å². The van der Waals surface area contributed by atoms with Gasteiger partial charge in [-0.1, -0.05) is 19.1 Å². The van der Waals surface area contributed by atoms with Crippen LogP contribution in [0.4, 0.5) is 0 Å². The number of aliphatic hydroxyl groups is 1. The van der Waals surface area contributed by atoms with Crippen molar-refractivity contribution in [3.8, 4) is 5.75 Å². The van der Waals surface area contributed by atoms with Gasteiger partial charge in [0.1, 0.15) is 5.75 Å². The maximum absolute atomic E-state index is 10.6. The third-order valence-corrected chi connectivity index (χ3v) is 6.74. The van der Waals surface area contributed by atoms with Gasteiger partial charge in [-0.25, -0.2) is 0 Å². The van der Waals surface area contributed by atoms with E-state index in [1.54, 1.807) is 0 Å². The largest absolute Gasteiger partial charge is 0.491 e. The van der Waals surface area contributed by atoms with E-state index in [0.29, 0.717) is 10.5 Å². The van der Waals surface area contributed by atoms with Crippen LogP contribution in [0.5, 0.6) is 5.75 Å². The number of aliphatic hydroxyl groups excluding tert-OH is 1. The van der Waals surface area contributed by atoms with Crippen molar-refractivity contribution in [3.63, 3.8) is 0 Å². The monoisotopic (exact) mass is 312 g/mol. The van der Waals surface area contributed by atoms with Crippen LogP contribution in [0.3, 0.4) is 0 Å². The van der Waals surface area contributed by atoms with E-state index in [9.17, 15) is 5.11 Å². The molecule has 1 heterocycles. The van der Waals surface area contributed by atoms with Crippen molar-refractivity contribution in [2.45, 2.75) is 49.9 Å². The summed E-state index contributed by atoms with van der Waals surface area (Å²) in [7, 11) is 0. The van der Waals surface area contributed by atoms with Crippen molar-refractivity contribution in [3.05, 3.63) is 29.8 Å². The maximum atomic E-state index is 10.6. The van der Waals surface area contributed by atoms with Gasteiger partial charge >= 0.3 is 0 Å². The highest BCUT2D eigenvalue weighted by atomic mass is 32.2. The van der Waals surface area contributed by atoms with Gasteiger partial charge in [-0.05, 0) is 38.0 Å². The second kappa shape index (κ2) is 7.62. The summed E-state index contributed by atoms with van der Waals surface area (Å²) in [6.45, 7) is 6.25. The molecule has 3 unspecified atom stereocenters. The first-order valence-corrected chi connectivity index (χ1v) is 9.39. The van der Waals surface area contributed by atoms with Crippen LogP contribution in [0, 0.1) is 0 Å². The molecule has 3 atom stereocenters. The van der Waals surface area contributed by atoms with E-state index in [2.05, 4.69) is 6.92 Å². The Kier molecular flexibility index (Phi) is 6.12. The Balaban J connectivity index is 2.05. The van der Waals surface area contributed by atoms with Gasteiger partial charge in [0.25, 0.3) is 0 Å². The fourth-order valence-corrected chi connectivity index (χ4v) is 5.57. The van der Waals surface area contributed by atoms with E-state index in [4.69, 9.17) is 4.74 Å². The lowest BCUT2D eigenvalue weighted by Crippen LogP contribution is -2.31. The van der Waals surface area contributed by atoms with Gasteiger partial charge in [0.15, 0.2) is 0 Å². The smallest absolute Gasteiger partial charge is 0.119 e. The van der Waals surface area contributed by atoms with Crippen molar-refractivity contribution in [2.75, 3.05) is 11.5 Å². The first kappa shape index (κ1) is 16.1. The molecule has 112 valence electrons. The van der Waals surface area contributed by atoms with Gasteiger partial charge in [0, 0.05) is 22.0 Å². The summed E-state index contributed by atoms with van der Waals surface area (Å²) < 4.78 is 5.65. The number of hydrogen-bond donors (Lipinski definition) is 1. The van der Waals surface area contributed by atoms with Crippen LogP contribution < -0.4 is 4.74 Å². The van der Waals surface area contributed by atoms with Crippen LogP contribution in [-0.2, 0) is 0 Å². The van der Waals surface area contributed by atoms with Crippen LogP contribution >= 0.6 is 23.5 Å². The minimum absolute atomic E-state index is 0.181. The Morgan fingerprint density at radius 2 is 1.85 bits per heavy atom. The summed E-state index contributed by atoms with van der Waals surface area (Å²) in [6.07, 6.45) is 0.917. The summed E-state index contributed by atoms with van der Waals surface area (Å²) >= 11 is 3.91. The molecule has 0 radical (unpaired) electrons. The Morgan fingerprint density at radius 1 is 1.20 bits per heavy atom. The van der Waals surface area contributed by atoms with Crippen molar-refractivity contribution in [2.24, 2.45) is 0 Å². The standard InChI is InChI=1S/C16H24O2S2/c1-4-14-16(20-10-9-19-14)15(17)12-5-7-13(8-6-12)18-11(2)3/h5-8,11,14-17H,4,9-10H2,1-3H3. The average molecular weight is 313 g/mol. The van der Waals surface area contributed by atoms with E-state index < -0.39 is 0 Å². The molecule has 0 aliphatic carbocycles. The number of ether oxygens (including phenoxy) is 1. The molecular weight excluding hydrogens is 288 g/mol.